The van der Waals surface area contributed by atoms with Crippen molar-refractivity contribution in [2.75, 3.05) is 18.8 Å². The summed E-state index contributed by atoms with van der Waals surface area (Å²) in [5.74, 6) is -1.95. The number of hydrogen-bond acceptors (Lipinski definition) is 7. The van der Waals surface area contributed by atoms with Crippen LogP contribution in [-0.4, -0.2) is 49.8 Å². The number of anilines is 1. The smallest absolute Gasteiger partial charge is 0.332 e. The maximum absolute atomic E-state index is 13.2. The average molecular weight is 432 g/mol. The quantitative estimate of drug-likeness (QED) is 0.572. The van der Waals surface area contributed by atoms with Crippen LogP contribution >= 0.6 is 0 Å². The zero-order valence-corrected chi connectivity index (χ0v) is 17.2. The molecule has 3 rings (SSSR count). The molecule has 166 valence electrons. The molecule has 0 saturated carbocycles. The van der Waals surface area contributed by atoms with Crippen molar-refractivity contribution in [2.45, 2.75) is 45.3 Å². The molecule has 1 aliphatic heterocycles. The molecule has 2 aromatic rings. The van der Waals surface area contributed by atoms with Crippen molar-refractivity contribution >= 4 is 17.5 Å². The molecule has 1 amide bonds. The second-order valence-electron chi connectivity index (χ2n) is 7.45. The molecule has 1 aliphatic rings. The van der Waals surface area contributed by atoms with Crippen LogP contribution in [0.1, 0.15) is 42.2 Å². The van der Waals surface area contributed by atoms with Gasteiger partial charge < -0.3 is 11.5 Å². The van der Waals surface area contributed by atoms with Crippen molar-refractivity contribution < 1.29 is 14.0 Å². The van der Waals surface area contributed by atoms with Gasteiger partial charge in [0.25, 0.3) is 5.56 Å². The Labute approximate surface area is 177 Å². The third kappa shape index (κ3) is 4.55. The predicted octanol–water partition coefficient (Wildman–Crippen LogP) is -0.283. The van der Waals surface area contributed by atoms with E-state index in [-0.39, 0.29) is 31.0 Å². The van der Waals surface area contributed by atoms with Gasteiger partial charge in [-0.1, -0.05) is 6.42 Å². The highest BCUT2D eigenvalue weighted by molar-refractivity contribution is 6.01. The van der Waals surface area contributed by atoms with Gasteiger partial charge in [0.05, 0.1) is 31.0 Å². The number of primary amides is 1. The Morgan fingerprint density at radius 2 is 1.97 bits per heavy atom. The molecule has 1 atom stereocenters. The molecule has 31 heavy (non-hydrogen) atoms. The second-order valence-corrected chi connectivity index (χ2v) is 7.45. The Morgan fingerprint density at radius 3 is 2.58 bits per heavy atom. The van der Waals surface area contributed by atoms with E-state index in [0.717, 1.165) is 28.2 Å². The van der Waals surface area contributed by atoms with Crippen LogP contribution < -0.4 is 22.7 Å². The summed E-state index contributed by atoms with van der Waals surface area (Å²) in [5, 5.41) is 0. The summed E-state index contributed by atoms with van der Waals surface area (Å²) < 4.78 is 15.1. The lowest BCUT2D eigenvalue weighted by molar-refractivity contribution is -0.124. The number of amides is 1. The number of piperidine rings is 1. The Bertz CT molecular complexity index is 1110. The van der Waals surface area contributed by atoms with E-state index in [9.17, 15) is 23.6 Å². The van der Waals surface area contributed by atoms with Crippen LogP contribution in [0.15, 0.2) is 27.9 Å². The van der Waals surface area contributed by atoms with Gasteiger partial charge in [-0.25, -0.2) is 9.18 Å². The van der Waals surface area contributed by atoms with E-state index in [1.807, 2.05) is 0 Å². The van der Waals surface area contributed by atoms with Crippen molar-refractivity contribution in [2.24, 2.45) is 5.73 Å². The van der Waals surface area contributed by atoms with Crippen LogP contribution in [-0.2, 0) is 17.9 Å². The molecule has 1 fully saturated rings. The van der Waals surface area contributed by atoms with Crippen LogP contribution in [0.25, 0.3) is 0 Å². The molecular weight excluding hydrogens is 407 g/mol. The minimum absolute atomic E-state index is 0.0305. The lowest BCUT2D eigenvalue weighted by Crippen LogP contribution is -2.51. The fraction of sp³-hybridized carbons (Fsp3) is 0.450. The summed E-state index contributed by atoms with van der Waals surface area (Å²) in [6.45, 7) is 1.76. The van der Waals surface area contributed by atoms with Gasteiger partial charge in [0.15, 0.2) is 5.78 Å². The largest absolute Gasteiger partial charge is 0.384 e. The zero-order valence-electron chi connectivity index (χ0n) is 17.2. The molecule has 1 saturated heterocycles. The van der Waals surface area contributed by atoms with E-state index in [2.05, 4.69) is 4.98 Å². The van der Waals surface area contributed by atoms with E-state index < -0.39 is 34.8 Å². The van der Waals surface area contributed by atoms with Crippen LogP contribution in [0, 0.1) is 5.82 Å². The van der Waals surface area contributed by atoms with E-state index in [1.54, 1.807) is 11.8 Å². The minimum atomic E-state index is -0.786. The molecule has 2 aromatic heterocycles. The van der Waals surface area contributed by atoms with Crippen molar-refractivity contribution in [3.8, 4) is 0 Å². The Hall–Kier alpha value is -3.34. The summed E-state index contributed by atoms with van der Waals surface area (Å²) in [7, 11) is 0. The molecular formula is C20H25FN6O4. The number of pyridine rings is 1. The van der Waals surface area contributed by atoms with Gasteiger partial charge in [-0.2, -0.15) is 0 Å². The number of ketones is 1. The minimum Gasteiger partial charge on any atom is -0.384 e. The van der Waals surface area contributed by atoms with E-state index >= 15 is 0 Å². The third-order valence-corrected chi connectivity index (χ3v) is 5.46. The summed E-state index contributed by atoms with van der Waals surface area (Å²) >= 11 is 0. The number of carbonyl (C=O) groups excluding carboxylic acids is 2. The summed E-state index contributed by atoms with van der Waals surface area (Å²) in [4.78, 5) is 56.0. The number of Topliss-reactive ketones (excluding diaryl/α,β-unsaturated/α-hetero) is 1. The van der Waals surface area contributed by atoms with Gasteiger partial charge in [-0.15, -0.1) is 0 Å². The summed E-state index contributed by atoms with van der Waals surface area (Å²) in [6.07, 6.45) is 3.14. The Morgan fingerprint density at radius 1 is 1.23 bits per heavy atom. The van der Waals surface area contributed by atoms with Crippen LogP contribution in [0.5, 0.6) is 0 Å². The van der Waals surface area contributed by atoms with E-state index in [0.29, 0.717) is 18.7 Å². The Kier molecular flexibility index (Phi) is 6.64. The number of rotatable bonds is 7. The standard InChI is InChI=1S/C20H25FN6O4/c1-2-26-19(30)16(15(28)11-25-8-4-3-5-14(25)18(23)29)17(22)27(20(26)31)10-13-7-6-12(21)9-24-13/h6-7,9,14H,2-5,8,10-11,22H2,1H3,(H2,23,29)/t14-/m1/s1. The van der Waals surface area contributed by atoms with Gasteiger partial charge in [0.2, 0.25) is 5.91 Å². The maximum Gasteiger partial charge on any atom is 0.332 e. The SMILES string of the molecule is CCn1c(=O)c(C(=O)CN2CCCC[C@@H]2C(N)=O)c(N)n(Cc2ccc(F)cn2)c1=O. The van der Waals surface area contributed by atoms with E-state index in [1.165, 1.54) is 12.1 Å². The predicted molar refractivity (Wildman–Crippen MR) is 111 cm³/mol. The number of likely N-dealkylation sites (tertiary alicyclic amines) is 1. The molecule has 3 heterocycles. The van der Waals surface area contributed by atoms with Crippen molar-refractivity contribution in [1.82, 2.24) is 19.0 Å². The number of aromatic nitrogens is 3. The molecule has 0 aromatic carbocycles. The van der Waals surface area contributed by atoms with Crippen molar-refractivity contribution in [3.63, 3.8) is 0 Å². The topological polar surface area (TPSA) is 146 Å². The van der Waals surface area contributed by atoms with Gasteiger partial charge in [-0.05, 0) is 38.4 Å². The highest BCUT2D eigenvalue weighted by Gasteiger charge is 2.31. The summed E-state index contributed by atoms with van der Waals surface area (Å²) in [5.41, 5.74) is 10.1. The molecule has 4 N–H and O–H groups in total. The van der Waals surface area contributed by atoms with Crippen LogP contribution in [0.2, 0.25) is 0 Å². The number of hydrogen-bond donors (Lipinski definition) is 2. The lowest BCUT2D eigenvalue weighted by atomic mass is 10.0. The third-order valence-electron chi connectivity index (χ3n) is 5.46. The molecule has 0 bridgehead atoms. The fourth-order valence-corrected chi connectivity index (χ4v) is 3.84. The molecule has 0 unspecified atom stereocenters. The van der Waals surface area contributed by atoms with Gasteiger partial charge in [-0.3, -0.25) is 33.4 Å². The Balaban J connectivity index is 2.02. The second kappa shape index (κ2) is 9.21. The molecule has 0 spiro atoms. The number of nitrogens with two attached hydrogens (primary N) is 2. The number of halogens is 1. The van der Waals surface area contributed by atoms with Crippen molar-refractivity contribution in [1.29, 1.82) is 0 Å². The maximum atomic E-state index is 13.2. The molecule has 0 aliphatic carbocycles. The number of nitrogens with zero attached hydrogens (tertiary/aromatic N) is 4. The highest BCUT2D eigenvalue weighted by atomic mass is 19.1. The van der Waals surface area contributed by atoms with Crippen LogP contribution in [0.3, 0.4) is 0 Å². The normalized spacial score (nSPS) is 16.9. The van der Waals surface area contributed by atoms with Crippen molar-refractivity contribution in [3.05, 3.63) is 56.2 Å². The molecule has 0 radical (unpaired) electrons. The summed E-state index contributed by atoms with van der Waals surface area (Å²) in [6, 6.07) is 1.97. The first kappa shape index (κ1) is 22.3. The van der Waals surface area contributed by atoms with Gasteiger partial charge in [0, 0.05) is 6.54 Å². The number of carbonyl (C=O) groups is 2. The zero-order chi connectivity index (χ0) is 22.7. The van der Waals surface area contributed by atoms with Gasteiger partial charge in [0.1, 0.15) is 17.2 Å². The van der Waals surface area contributed by atoms with E-state index in [4.69, 9.17) is 11.5 Å². The highest BCUT2D eigenvalue weighted by Crippen LogP contribution is 2.18. The number of nitrogen functional groups attached to an aromatic ring is 1. The first-order chi connectivity index (χ1) is 14.7. The first-order valence-corrected chi connectivity index (χ1v) is 10.0. The fourth-order valence-electron chi connectivity index (χ4n) is 3.84. The lowest BCUT2D eigenvalue weighted by Gasteiger charge is -2.33. The average Bonchev–Trinajstić information content (AvgIpc) is 2.73. The molecule has 10 nitrogen and oxygen atoms in total. The monoisotopic (exact) mass is 432 g/mol. The van der Waals surface area contributed by atoms with Gasteiger partial charge >= 0.3 is 5.69 Å². The molecule has 11 heteroatoms. The first-order valence-electron chi connectivity index (χ1n) is 10.0. The van der Waals surface area contributed by atoms with Crippen LogP contribution in [0.4, 0.5) is 10.2 Å².